The Morgan fingerprint density at radius 1 is 1.77 bits per heavy atom. The lowest BCUT2D eigenvalue weighted by molar-refractivity contribution is 0.117. The first-order valence-electron chi connectivity index (χ1n) is 4.20. The zero-order valence-electron chi connectivity index (χ0n) is 7.43. The zero-order valence-corrected chi connectivity index (χ0v) is 8.25. The molecule has 0 aliphatic carbocycles. The number of likely N-dealkylation sites (tertiary alicyclic amines) is 1. The molecule has 5 heteroatoms. The van der Waals surface area contributed by atoms with Crippen LogP contribution in [-0.2, 0) is 0 Å². The van der Waals surface area contributed by atoms with Crippen molar-refractivity contribution in [1.82, 2.24) is 4.90 Å². The number of rotatable bonds is 1. The van der Waals surface area contributed by atoms with Crippen molar-refractivity contribution in [3.05, 3.63) is 0 Å². The number of carbonyl (C=O) groups is 1. The summed E-state index contributed by atoms with van der Waals surface area (Å²) < 4.78 is 0. The van der Waals surface area contributed by atoms with Crippen LogP contribution in [0.4, 0.5) is 4.79 Å². The smallest absolute Gasteiger partial charge is 0.407 e. The molecule has 0 saturated carbocycles. The molecule has 0 spiro atoms. The minimum Gasteiger partial charge on any atom is -0.465 e. The van der Waals surface area contributed by atoms with E-state index in [9.17, 15) is 4.79 Å². The van der Waals surface area contributed by atoms with Gasteiger partial charge in [-0.15, -0.1) is 0 Å². The molecule has 72 valence electrons. The highest BCUT2D eigenvalue weighted by molar-refractivity contribution is 7.78. The summed E-state index contributed by atoms with van der Waals surface area (Å²) in [6.45, 7) is 3.07. The van der Waals surface area contributed by atoms with Crippen LogP contribution in [-0.4, -0.2) is 40.4 Å². The van der Waals surface area contributed by atoms with E-state index >= 15 is 0 Å². The van der Waals surface area contributed by atoms with Gasteiger partial charge in [-0.1, -0.05) is 6.92 Å². The van der Waals surface area contributed by atoms with E-state index in [-0.39, 0.29) is 12.0 Å². The third-order valence-corrected chi connectivity index (χ3v) is 2.45. The highest BCUT2D eigenvalue weighted by Gasteiger charge is 2.27. The second kappa shape index (κ2) is 4.35. The standard InChI is InChI=1S/C8H12N2O2S/c1-6-4-10(8(11)12)3-2-7(6)9-5-13/h6-7H,2-4H2,1H3,(H,11,12)/t6-,7+/m1/s1. The van der Waals surface area contributed by atoms with Crippen molar-refractivity contribution in [3.63, 3.8) is 0 Å². The maximum absolute atomic E-state index is 10.6. The number of amides is 1. The maximum atomic E-state index is 10.6. The Morgan fingerprint density at radius 2 is 2.46 bits per heavy atom. The molecule has 1 rings (SSSR count). The summed E-state index contributed by atoms with van der Waals surface area (Å²) in [7, 11) is 0. The van der Waals surface area contributed by atoms with Crippen LogP contribution in [0.3, 0.4) is 0 Å². The number of carboxylic acid groups (broad SMARTS) is 1. The van der Waals surface area contributed by atoms with E-state index in [0.717, 1.165) is 6.42 Å². The summed E-state index contributed by atoms with van der Waals surface area (Å²) in [5.74, 6) is 0.236. The van der Waals surface area contributed by atoms with Crippen molar-refractivity contribution in [3.8, 4) is 0 Å². The molecule has 4 nitrogen and oxygen atoms in total. The normalized spacial score (nSPS) is 27.9. The Kier molecular flexibility index (Phi) is 3.39. The molecule has 0 aromatic heterocycles. The number of piperidine rings is 1. The van der Waals surface area contributed by atoms with Crippen molar-refractivity contribution in [2.24, 2.45) is 10.9 Å². The van der Waals surface area contributed by atoms with E-state index in [1.54, 1.807) is 0 Å². The molecule has 0 radical (unpaired) electrons. The van der Waals surface area contributed by atoms with Crippen LogP contribution in [0, 0.1) is 5.92 Å². The lowest BCUT2D eigenvalue weighted by atomic mass is 9.95. The molecule has 1 aliphatic rings. The van der Waals surface area contributed by atoms with E-state index in [2.05, 4.69) is 22.4 Å². The monoisotopic (exact) mass is 200 g/mol. The first kappa shape index (κ1) is 10.2. The summed E-state index contributed by atoms with van der Waals surface area (Å²) in [6, 6.07) is 0.146. The van der Waals surface area contributed by atoms with Gasteiger partial charge in [-0.05, 0) is 24.6 Å². The molecule has 1 amide bonds. The van der Waals surface area contributed by atoms with Crippen molar-refractivity contribution in [1.29, 1.82) is 0 Å². The van der Waals surface area contributed by atoms with Crippen LogP contribution in [0.5, 0.6) is 0 Å². The van der Waals surface area contributed by atoms with E-state index < -0.39 is 6.09 Å². The maximum Gasteiger partial charge on any atom is 0.407 e. The minimum absolute atomic E-state index is 0.146. The molecule has 0 aromatic rings. The largest absolute Gasteiger partial charge is 0.465 e. The molecule has 0 unspecified atom stereocenters. The van der Waals surface area contributed by atoms with Gasteiger partial charge < -0.3 is 10.0 Å². The molecular formula is C8H12N2O2S. The van der Waals surface area contributed by atoms with Gasteiger partial charge in [0, 0.05) is 13.1 Å². The van der Waals surface area contributed by atoms with Crippen molar-refractivity contribution >= 4 is 23.5 Å². The number of hydrogen-bond donors (Lipinski definition) is 1. The SMILES string of the molecule is C[C@@H]1CN(C(=O)O)CC[C@@H]1N=C=S. The summed E-state index contributed by atoms with van der Waals surface area (Å²) in [6.07, 6.45) is -0.103. The van der Waals surface area contributed by atoms with Gasteiger partial charge >= 0.3 is 6.09 Å². The second-order valence-corrected chi connectivity index (χ2v) is 3.46. The van der Waals surface area contributed by atoms with E-state index in [1.165, 1.54) is 4.90 Å². The van der Waals surface area contributed by atoms with Gasteiger partial charge in [0.05, 0.1) is 11.2 Å². The Hall–Kier alpha value is -0.930. The number of nitrogens with zero attached hydrogens (tertiary/aromatic N) is 2. The Morgan fingerprint density at radius 3 is 2.92 bits per heavy atom. The zero-order chi connectivity index (χ0) is 9.84. The molecule has 2 atom stereocenters. The molecule has 1 N–H and O–H groups in total. The van der Waals surface area contributed by atoms with Crippen LogP contribution < -0.4 is 0 Å². The third-order valence-electron chi connectivity index (χ3n) is 2.35. The van der Waals surface area contributed by atoms with Crippen LogP contribution in [0.15, 0.2) is 4.99 Å². The average Bonchev–Trinajstić information content (AvgIpc) is 2.08. The first-order valence-corrected chi connectivity index (χ1v) is 4.61. The molecule has 0 bridgehead atoms. The minimum atomic E-state index is -0.850. The fourth-order valence-electron chi connectivity index (χ4n) is 1.57. The fraction of sp³-hybridized carbons (Fsp3) is 0.750. The lowest BCUT2D eigenvalue weighted by Crippen LogP contribution is -2.43. The number of aliphatic imine (C=N–C) groups is 1. The van der Waals surface area contributed by atoms with E-state index in [4.69, 9.17) is 5.11 Å². The molecular weight excluding hydrogens is 188 g/mol. The average molecular weight is 200 g/mol. The van der Waals surface area contributed by atoms with Crippen LogP contribution in [0.1, 0.15) is 13.3 Å². The highest BCUT2D eigenvalue weighted by Crippen LogP contribution is 2.19. The predicted octanol–water partition coefficient (Wildman–Crippen LogP) is 1.48. The van der Waals surface area contributed by atoms with E-state index in [1.807, 2.05) is 6.92 Å². The van der Waals surface area contributed by atoms with E-state index in [0.29, 0.717) is 13.1 Å². The summed E-state index contributed by atoms with van der Waals surface area (Å²) in [4.78, 5) is 16.0. The number of hydrogen-bond acceptors (Lipinski definition) is 3. The predicted molar refractivity (Wildman–Crippen MR) is 52.2 cm³/mol. The van der Waals surface area contributed by atoms with Gasteiger partial charge in [-0.25, -0.2) is 9.79 Å². The highest BCUT2D eigenvalue weighted by atomic mass is 32.1. The quantitative estimate of drug-likeness (QED) is 0.515. The number of thiocarbonyl (C=S) groups is 1. The molecule has 1 fully saturated rings. The lowest BCUT2D eigenvalue weighted by Gasteiger charge is -2.32. The Balaban J connectivity index is 2.56. The van der Waals surface area contributed by atoms with Crippen LogP contribution in [0.2, 0.25) is 0 Å². The Labute approximate surface area is 82.3 Å². The van der Waals surface area contributed by atoms with Crippen molar-refractivity contribution in [2.45, 2.75) is 19.4 Å². The first-order chi connectivity index (χ1) is 6.15. The summed E-state index contributed by atoms with van der Waals surface area (Å²) in [5, 5.41) is 11.1. The van der Waals surface area contributed by atoms with Gasteiger partial charge in [0.15, 0.2) is 0 Å². The molecule has 1 aliphatic heterocycles. The molecule has 0 aromatic carbocycles. The summed E-state index contributed by atoms with van der Waals surface area (Å²) in [5.41, 5.74) is 0. The van der Waals surface area contributed by atoms with Gasteiger partial charge in [0.2, 0.25) is 0 Å². The van der Waals surface area contributed by atoms with Crippen LogP contribution >= 0.6 is 12.2 Å². The number of isothiocyanates is 1. The fourth-order valence-corrected chi connectivity index (χ4v) is 1.70. The molecule has 1 saturated heterocycles. The van der Waals surface area contributed by atoms with Gasteiger partial charge in [0.1, 0.15) is 0 Å². The van der Waals surface area contributed by atoms with Gasteiger partial charge in [-0.3, -0.25) is 0 Å². The Bertz CT molecular complexity index is 251. The topological polar surface area (TPSA) is 52.9 Å². The van der Waals surface area contributed by atoms with Gasteiger partial charge in [0.25, 0.3) is 0 Å². The molecule has 13 heavy (non-hydrogen) atoms. The van der Waals surface area contributed by atoms with Crippen molar-refractivity contribution in [2.75, 3.05) is 13.1 Å². The van der Waals surface area contributed by atoms with Gasteiger partial charge in [-0.2, -0.15) is 0 Å². The van der Waals surface area contributed by atoms with Crippen molar-refractivity contribution < 1.29 is 9.90 Å². The van der Waals surface area contributed by atoms with Crippen LogP contribution in [0.25, 0.3) is 0 Å². The molecule has 1 heterocycles. The third kappa shape index (κ3) is 2.50. The summed E-state index contributed by atoms with van der Waals surface area (Å²) >= 11 is 4.52. The second-order valence-electron chi connectivity index (χ2n) is 3.28.